The summed E-state index contributed by atoms with van der Waals surface area (Å²) in [6.45, 7) is 1.41. The molecule has 0 radical (unpaired) electrons. The average molecular weight is 398 g/mol. The highest BCUT2D eigenvalue weighted by Gasteiger charge is 2.22. The Morgan fingerprint density at radius 1 is 0.966 bits per heavy atom. The predicted octanol–water partition coefficient (Wildman–Crippen LogP) is 3.48. The van der Waals surface area contributed by atoms with Crippen LogP contribution < -0.4 is 14.2 Å². The fourth-order valence-electron chi connectivity index (χ4n) is 3.29. The van der Waals surface area contributed by atoms with Crippen molar-refractivity contribution < 1.29 is 23.7 Å². The molecule has 154 valence electrons. The second-order valence-corrected chi connectivity index (χ2v) is 6.50. The third-order valence-electron chi connectivity index (χ3n) is 4.72. The molecule has 1 amide bonds. The van der Waals surface area contributed by atoms with Gasteiger partial charge in [-0.15, -0.1) is 0 Å². The average Bonchev–Trinajstić information content (AvgIpc) is 3.19. The van der Waals surface area contributed by atoms with Gasteiger partial charge >= 0.3 is 0 Å². The van der Waals surface area contributed by atoms with Gasteiger partial charge in [-0.25, -0.2) is 0 Å². The van der Waals surface area contributed by atoms with Gasteiger partial charge in [0.25, 0.3) is 5.91 Å². The fourth-order valence-corrected chi connectivity index (χ4v) is 3.29. The van der Waals surface area contributed by atoms with Crippen molar-refractivity contribution in [3.05, 3.63) is 53.7 Å². The molecule has 3 aromatic rings. The zero-order valence-corrected chi connectivity index (χ0v) is 17.2. The molecule has 7 nitrogen and oxygen atoms in total. The molecule has 1 heterocycles. The molecule has 0 fully saturated rings. The normalized spacial score (nSPS) is 10.8. The van der Waals surface area contributed by atoms with Crippen LogP contribution in [0.4, 0.5) is 0 Å². The van der Waals surface area contributed by atoms with Crippen LogP contribution in [-0.4, -0.2) is 57.4 Å². The summed E-state index contributed by atoms with van der Waals surface area (Å²) in [5, 5.41) is 0.800. The third-order valence-corrected chi connectivity index (χ3v) is 4.72. The van der Waals surface area contributed by atoms with Gasteiger partial charge in [-0.3, -0.25) is 4.79 Å². The van der Waals surface area contributed by atoms with E-state index in [-0.39, 0.29) is 5.91 Å². The first-order valence-corrected chi connectivity index (χ1v) is 9.26. The molecule has 0 aliphatic carbocycles. The molecule has 3 rings (SSSR count). The van der Waals surface area contributed by atoms with Crippen LogP contribution in [0.5, 0.6) is 17.2 Å². The minimum absolute atomic E-state index is 0.123. The number of carbonyl (C=O) groups is 1. The van der Waals surface area contributed by atoms with Crippen molar-refractivity contribution in [3.63, 3.8) is 0 Å². The van der Waals surface area contributed by atoms with Gasteiger partial charge in [0.1, 0.15) is 5.69 Å². The smallest absolute Gasteiger partial charge is 0.270 e. The van der Waals surface area contributed by atoms with Crippen molar-refractivity contribution in [3.8, 4) is 17.2 Å². The van der Waals surface area contributed by atoms with Crippen LogP contribution in [0.2, 0.25) is 0 Å². The SMILES string of the molecule is COCCN(Cc1ccccc1)C(=O)c1cc2cc(OC)c(OC)c(OC)c2[nH]1. The highest BCUT2D eigenvalue weighted by atomic mass is 16.5. The molecule has 0 saturated heterocycles. The largest absolute Gasteiger partial charge is 0.493 e. The maximum Gasteiger partial charge on any atom is 0.270 e. The van der Waals surface area contributed by atoms with Gasteiger partial charge in [-0.1, -0.05) is 30.3 Å². The summed E-state index contributed by atoms with van der Waals surface area (Å²) in [6.07, 6.45) is 0. The number of hydrogen-bond donors (Lipinski definition) is 1. The Kier molecular flexibility index (Phi) is 6.61. The Bertz CT molecular complexity index is 968. The molecular weight excluding hydrogens is 372 g/mol. The van der Waals surface area contributed by atoms with E-state index in [1.165, 1.54) is 0 Å². The van der Waals surface area contributed by atoms with Gasteiger partial charge in [0.05, 0.1) is 33.5 Å². The van der Waals surface area contributed by atoms with Crippen molar-refractivity contribution in [1.29, 1.82) is 0 Å². The lowest BCUT2D eigenvalue weighted by atomic mass is 10.2. The van der Waals surface area contributed by atoms with Crippen LogP contribution >= 0.6 is 0 Å². The van der Waals surface area contributed by atoms with Gasteiger partial charge in [0.2, 0.25) is 5.75 Å². The number of H-pyrrole nitrogens is 1. The summed E-state index contributed by atoms with van der Waals surface area (Å²) in [6, 6.07) is 13.5. The number of aromatic nitrogens is 1. The van der Waals surface area contributed by atoms with E-state index in [1.54, 1.807) is 39.4 Å². The molecule has 0 atom stereocenters. The molecule has 0 bridgehead atoms. The summed E-state index contributed by atoms with van der Waals surface area (Å²) in [7, 11) is 6.29. The number of hydrogen-bond acceptors (Lipinski definition) is 5. The summed E-state index contributed by atoms with van der Waals surface area (Å²) in [5.41, 5.74) is 2.19. The minimum atomic E-state index is -0.123. The molecule has 0 unspecified atom stereocenters. The number of aromatic amines is 1. The minimum Gasteiger partial charge on any atom is -0.493 e. The second-order valence-electron chi connectivity index (χ2n) is 6.50. The number of fused-ring (bicyclic) bond motifs is 1. The lowest BCUT2D eigenvalue weighted by molar-refractivity contribution is 0.0675. The monoisotopic (exact) mass is 398 g/mol. The highest BCUT2D eigenvalue weighted by Crippen LogP contribution is 2.43. The van der Waals surface area contributed by atoms with Crippen LogP contribution in [0.1, 0.15) is 16.1 Å². The lowest BCUT2D eigenvalue weighted by Crippen LogP contribution is -2.33. The van der Waals surface area contributed by atoms with Crippen LogP contribution in [-0.2, 0) is 11.3 Å². The molecule has 1 aromatic heterocycles. The lowest BCUT2D eigenvalue weighted by Gasteiger charge is -2.22. The highest BCUT2D eigenvalue weighted by molar-refractivity contribution is 6.01. The first-order valence-electron chi connectivity index (χ1n) is 9.26. The van der Waals surface area contributed by atoms with Gasteiger partial charge < -0.3 is 28.8 Å². The number of rotatable bonds is 9. The van der Waals surface area contributed by atoms with Crippen LogP contribution in [0.3, 0.4) is 0 Å². The van der Waals surface area contributed by atoms with E-state index < -0.39 is 0 Å². The molecule has 0 aliphatic heterocycles. The number of carbonyl (C=O) groups excluding carboxylic acids is 1. The van der Waals surface area contributed by atoms with Crippen molar-refractivity contribution in [2.45, 2.75) is 6.54 Å². The zero-order chi connectivity index (χ0) is 20.8. The van der Waals surface area contributed by atoms with Crippen molar-refractivity contribution in [2.75, 3.05) is 41.6 Å². The Balaban J connectivity index is 1.99. The second kappa shape index (κ2) is 9.34. The van der Waals surface area contributed by atoms with E-state index in [4.69, 9.17) is 18.9 Å². The van der Waals surface area contributed by atoms with E-state index in [2.05, 4.69) is 4.98 Å². The maximum atomic E-state index is 13.3. The fraction of sp³-hybridized carbons (Fsp3) is 0.318. The zero-order valence-electron chi connectivity index (χ0n) is 17.2. The number of ether oxygens (including phenoxy) is 4. The topological polar surface area (TPSA) is 73.0 Å². The van der Waals surface area contributed by atoms with E-state index in [9.17, 15) is 4.79 Å². The first kappa shape index (κ1) is 20.5. The summed E-state index contributed by atoms with van der Waals surface area (Å²) in [5.74, 6) is 1.38. The number of benzene rings is 2. The Morgan fingerprint density at radius 3 is 2.31 bits per heavy atom. The number of amides is 1. The summed E-state index contributed by atoms with van der Waals surface area (Å²) < 4.78 is 21.6. The molecule has 0 spiro atoms. The van der Waals surface area contributed by atoms with E-state index >= 15 is 0 Å². The number of nitrogens with zero attached hydrogens (tertiary/aromatic N) is 1. The molecule has 0 saturated carbocycles. The van der Waals surface area contributed by atoms with Crippen molar-refractivity contribution in [1.82, 2.24) is 9.88 Å². The van der Waals surface area contributed by atoms with Gasteiger partial charge in [0.15, 0.2) is 11.5 Å². The molecule has 2 aromatic carbocycles. The molecule has 7 heteroatoms. The van der Waals surface area contributed by atoms with Gasteiger partial charge in [-0.05, 0) is 17.7 Å². The summed E-state index contributed by atoms with van der Waals surface area (Å²) in [4.78, 5) is 18.2. The van der Waals surface area contributed by atoms with E-state index in [1.807, 2.05) is 36.4 Å². The number of methoxy groups -OCH3 is 4. The standard InChI is InChI=1S/C22H26N2O5/c1-26-11-10-24(14-15-8-6-5-7-9-15)22(25)17-12-16-13-18(27-2)20(28-3)21(29-4)19(16)23-17/h5-9,12-13,23H,10-11,14H2,1-4H3. The maximum absolute atomic E-state index is 13.3. The van der Waals surface area contributed by atoms with Crippen LogP contribution in [0.25, 0.3) is 10.9 Å². The van der Waals surface area contributed by atoms with Crippen molar-refractivity contribution >= 4 is 16.8 Å². The molecule has 1 N–H and O–H groups in total. The van der Waals surface area contributed by atoms with E-state index in [0.717, 1.165) is 10.9 Å². The third kappa shape index (κ3) is 4.30. The number of nitrogens with one attached hydrogen (secondary N) is 1. The van der Waals surface area contributed by atoms with Crippen LogP contribution in [0.15, 0.2) is 42.5 Å². The Morgan fingerprint density at radius 2 is 1.69 bits per heavy atom. The first-order chi connectivity index (χ1) is 14.1. The van der Waals surface area contributed by atoms with E-state index in [0.29, 0.717) is 48.2 Å². The van der Waals surface area contributed by atoms with Gasteiger partial charge in [-0.2, -0.15) is 0 Å². The Labute approximate surface area is 170 Å². The molecule has 29 heavy (non-hydrogen) atoms. The van der Waals surface area contributed by atoms with Crippen molar-refractivity contribution in [2.24, 2.45) is 0 Å². The summed E-state index contributed by atoms with van der Waals surface area (Å²) >= 11 is 0. The predicted molar refractivity (Wildman–Crippen MR) is 111 cm³/mol. The quantitative estimate of drug-likeness (QED) is 0.597. The molecular formula is C22H26N2O5. The van der Waals surface area contributed by atoms with Crippen LogP contribution in [0, 0.1) is 0 Å². The van der Waals surface area contributed by atoms with Gasteiger partial charge in [0, 0.05) is 25.6 Å². The Hall–Kier alpha value is -3.19. The molecule has 0 aliphatic rings.